The molecule has 0 aromatic rings. The molecule has 0 bridgehead atoms. The fourth-order valence-electron chi connectivity index (χ4n) is 1.54. The Bertz CT molecular complexity index is 839. The number of terminal acetylenes is 1. The van der Waals surface area contributed by atoms with Gasteiger partial charge in [0, 0.05) is 5.92 Å². The molecule has 0 radical (unpaired) electrons. The number of hydrogen-bond donors (Lipinski definition) is 3. The third-order valence-electron chi connectivity index (χ3n) is 2.72. The fraction of sp³-hybridized carbons (Fsp3) is 0.316. The van der Waals surface area contributed by atoms with Crippen molar-refractivity contribution in [3.63, 3.8) is 0 Å². The van der Waals surface area contributed by atoms with Gasteiger partial charge in [0.05, 0.1) is 6.61 Å². The Labute approximate surface area is 145 Å². The zero-order chi connectivity index (χ0) is 18.5. The van der Waals surface area contributed by atoms with Gasteiger partial charge in [-0.3, -0.25) is 0 Å². The van der Waals surface area contributed by atoms with E-state index in [2.05, 4.69) is 65.1 Å². The first kappa shape index (κ1) is 19.7. The number of hydrogen-bond acceptors (Lipinski definition) is 6. The molecule has 25 heavy (non-hydrogen) atoms. The highest BCUT2D eigenvalue weighted by atomic mass is 16.6. The van der Waals surface area contributed by atoms with Gasteiger partial charge in [0.2, 0.25) is 0 Å². The molecule has 4 unspecified atom stereocenters. The third kappa shape index (κ3) is 7.66. The van der Waals surface area contributed by atoms with Gasteiger partial charge in [-0.2, -0.15) is 0 Å². The second-order valence-corrected chi connectivity index (χ2v) is 4.41. The Morgan fingerprint density at radius 2 is 1.52 bits per heavy atom. The van der Waals surface area contributed by atoms with E-state index in [1.165, 1.54) is 0 Å². The monoisotopic (exact) mass is 336 g/mol. The number of carbonyl (C=O) groups excluding carboxylic acids is 1. The predicted octanol–water partition coefficient (Wildman–Crippen LogP) is -2.34. The van der Waals surface area contributed by atoms with Gasteiger partial charge in [0.25, 0.3) is 0 Å². The van der Waals surface area contributed by atoms with Gasteiger partial charge < -0.3 is 24.8 Å². The van der Waals surface area contributed by atoms with Crippen molar-refractivity contribution in [2.24, 2.45) is 0 Å². The van der Waals surface area contributed by atoms with Gasteiger partial charge in [-0.1, -0.05) is 0 Å². The molecule has 3 N–H and O–H groups in total. The molecule has 6 heteroatoms. The van der Waals surface area contributed by atoms with E-state index < -0.39 is 30.4 Å². The summed E-state index contributed by atoms with van der Waals surface area (Å²) in [5.74, 6) is 24.3. The molecular weight excluding hydrogens is 324 g/mol. The van der Waals surface area contributed by atoms with E-state index in [1.54, 1.807) is 0 Å². The lowest BCUT2D eigenvalue weighted by molar-refractivity contribution is -0.199. The highest BCUT2D eigenvalue weighted by molar-refractivity contribution is 5.89. The molecule has 1 rings (SSSR count). The van der Waals surface area contributed by atoms with Crippen molar-refractivity contribution in [1.29, 1.82) is 0 Å². The average molecular weight is 336 g/mol. The van der Waals surface area contributed by atoms with Crippen LogP contribution in [0.3, 0.4) is 0 Å². The minimum Gasteiger partial charge on any atom is -0.453 e. The first-order chi connectivity index (χ1) is 12.1. The van der Waals surface area contributed by atoms with Crippen LogP contribution in [0.4, 0.5) is 0 Å². The number of aliphatic hydroxyl groups is 3. The van der Waals surface area contributed by atoms with Crippen molar-refractivity contribution in [3.8, 4) is 71.5 Å². The molecule has 4 atom stereocenters. The van der Waals surface area contributed by atoms with Crippen molar-refractivity contribution in [2.75, 3.05) is 13.2 Å². The summed E-state index contributed by atoms with van der Waals surface area (Å²) in [5.41, 5.74) is 0. The molecular formula is C19H12O6. The summed E-state index contributed by atoms with van der Waals surface area (Å²) in [6.45, 7) is -0.493. The molecule has 0 aliphatic carbocycles. The lowest BCUT2D eigenvalue weighted by Gasteiger charge is -2.34. The fourth-order valence-corrected chi connectivity index (χ4v) is 1.54. The van der Waals surface area contributed by atoms with Crippen molar-refractivity contribution >= 4 is 5.97 Å². The van der Waals surface area contributed by atoms with Crippen LogP contribution in [0.1, 0.15) is 0 Å². The first-order valence-electron chi connectivity index (χ1n) is 6.85. The molecule has 1 heterocycles. The zero-order valence-corrected chi connectivity index (χ0v) is 12.9. The standard InChI is InChI=1S/C19H12O6/c1-2-3-4-5-6-7-8-9-10-11-12-17(21)25-14-16-19(23)18(22)15(20)13-24-16/h1,15-16,18-20,22-23H,13-14H2. The highest BCUT2D eigenvalue weighted by Gasteiger charge is 2.37. The predicted molar refractivity (Wildman–Crippen MR) is 86.4 cm³/mol. The van der Waals surface area contributed by atoms with Crippen molar-refractivity contribution < 1.29 is 29.6 Å². The van der Waals surface area contributed by atoms with Crippen LogP contribution in [0.2, 0.25) is 0 Å². The maximum absolute atomic E-state index is 11.4. The van der Waals surface area contributed by atoms with Crippen molar-refractivity contribution in [3.05, 3.63) is 0 Å². The highest BCUT2D eigenvalue weighted by Crippen LogP contribution is 2.15. The molecule has 1 saturated heterocycles. The molecule has 0 aromatic heterocycles. The first-order valence-corrected chi connectivity index (χ1v) is 6.85. The van der Waals surface area contributed by atoms with Crippen LogP contribution in [0.5, 0.6) is 0 Å². The van der Waals surface area contributed by atoms with E-state index in [-0.39, 0.29) is 13.2 Å². The summed E-state index contributed by atoms with van der Waals surface area (Å²) in [7, 11) is 0. The minimum absolute atomic E-state index is 0.173. The van der Waals surface area contributed by atoms with E-state index in [0.29, 0.717) is 0 Å². The minimum atomic E-state index is -1.37. The number of carbonyl (C=O) groups is 1. The van der Waals surface area contributed by atoms with Crippen LogP contribution in [-0.4, -0.2) is 58.9 Å². The Kier molecular flexibility index (Phi) is 8.87. The summed E-state index contributed by atoms with van der Waals surface area (Å²) in [6, 6.07) is 0. The molecule has 1 aliphatic rings. The van der Waals surface area contributed by atoms with E-state index in [1.807, 2.05) is 0 Å². The summed E-state index contributed by atoms with van der Waals surface area (Å²) in [5, 5.41) is 28.4. The Balaban J connectivity index is 2.40. The Hall–Kier alpha value is -3.33. The summed E-state index contributed by atoms with van der Waals surface area (Å²) >= 11 is 0. The second kappa shape index (κ2) is 11.2. The van der Waals surface area contributed by atoms with Crippen LogP contribution >= 0.6 is 0 Å². The number of esters is 1. The van der Waals surface area contributed by atoms with Crippen LogP contribution < -0.4 is 0 Å². The smallest absolute Gasteiger partial charge is 0.385 e. The van der Waals surface area contributed by atoms with Gasteiger partial charge in [0.1, 0.15) is 31.0 Å². The molecule has 0 amide bonds. The third-order valence-corrected chi connectivity index (χ3v) is 2.72. The normalized spacial score (nSPS) is 23.0. The molecule has 6 nitrogen and oxygen atoms in total. The van der Waals surface area contributed by atoms with Crippen molar-refractivity contribution in [1.82, 2.24) is 0 Å². The van der Waals surface area contributed by atoms with Gasteiger partial charge >= 0.3 is 5.97 Å². The molecule has 0 spiro atoms. The maximum atomic E-state index is 11.4. The van der Waals surface area contributed by atoms with Gasteiger partial charge in [-0.25, -0.2) is 4.79 Å². The van der Waals surface area contributed by atoms with Crippen molar-refractivity contribution in [2.45, 2.75) is 24.4 Å². The molecule has 124 valence electrons. The van der Waals surface area contributed by atoms with Crippen LogP contribution in [0.15, 0.2) is 0 Å². The van der Waals surface area contributed by atoms with E-state index in [9.17, 15) is 20.1 Å². The largest absolute Gasteiger partial charge is 0.453 e. The average Bonchev–Trinajstić information content (AvgIpc) is 2.60. The molecule has 0 saturated carbocycles. The van der Waals surface area contributed by atoms with E-state index in [0.717, 1.165) is 0 Å². The quantitative estimate of drug-likeness (QED) is 0.297. The zero-order valence-electron chi connectivity index (χ0n) is 12.9. The van der Waals surface area contributed by atoms with E-state index in [4.69, 9.17) is 15.9 Å². The topological polar surface area (TPSA) is 96.2 Å². The molecule has 1 aliphatic heterocycles. The second-order valence-electron chi connectivity index (χ2n) is 4.41. The lowest BCUT2D eigenvalue weighted by Crippen LogP contribution is -2.54. The van der Waals surface area contributed by atoms with Gasteiger partial charge in [-0.05, 0) is 59.2 Å². The maximum Gasteiger partial charge on any atom is 0.385 e. The molecule has 0 aromatic carbocycles. The lowest BCUT2D eigenvalue weighted by atomic mass is 10.0. The van der Waals surface area contributed by atoms with Gasteiger partial charge in [0.15, 0.2) is 0 Å². The number of ether oxygens (including phenoxy) is 2. The molecule has 1 fully saturated rings. The van der Waals surface area contributed by atoms with Crippen LogP contribution in [0.25, 0.3) is 0 Å². The number of aliphatic hydroxyl groups excluding tert-OH is 3. The number of rotatable bonds is 2. The van der Waals surface area contributed by atoms with Crippen LogP contribution in [-0.2, 0) is 14.3 Å². The summed E-state index contributed by atoms with van der Waals surface area (Å²) in [6.07, 6.45) is 0.0164. The summed E-state index contributed by atoms with van der Waals surface area (Å²) < 4.78 is 9.83. The van der Waals surface area contributed by atoms with Gasteiger partial charge in [-0.15, -0.1) is 6.42 Å². The Morgan fingerprint density at radius 3 is 2.12 bits per heavy atom. The van der Waals surface area contributed by atoms with Crippen LogP contribution in [0, 0.1) is 71.5 Å². The summed E-state index contributed by atoms with van der Waals surface area (Å²) in [4.78, 5) is 11.4. The van der Waals surface area contributed by atoms with E-state index >= 15 is 0 Å². The Morgan fingerprint density at radius 1 is 0.960 bits per heavy atom. The SMILES string of the molecule is C#CC#CC#CC#CC#CC#CC(=O)OCC1OCC(O)C(O)C1O.